The maximum Gasteiger partial charge on any atom is 0.325 e. The third-order valence-electron chi connectivity index (χ3n) is 3.16. The summed E-state index contributed by atoms with van der Waals surface area (Å²) in [4.78, 5) is 24.8. The highest BCUT2D eigenvalue weighted by Gasteiger charge is 2.14. The molecule has 2 heterocycles. The number of carbonyl (C=O) groups excluding carboxylic acids is 1. The normalized spacial score (nSPS) is 10.6. The average Bonchev–Trinajstić information content (AvgIpc) is 3.05. The highest BCUT2D eigenvalue weighted by Crippen LogP contribution is 2.25. The van der Waals surface area contributed by atoms with E-state index in [1.165, 1.54) is 32.7 Å². The minimum Gasteiger partial charge on any atom is -0.480 e. The Morgan fingerprint density at radius 1 is 1.41 bits per heavy atom. The largest absolute Gasteiger partial charge is 0.480 e. The molecule has 0 spiro atoms. The Morgan fingerprint density at radius 3 is 2.82 bits per heavy atom. The van der Waals surface area contributed by atoms with Crippen LogP contribution in [0.25, 0.3) is 0 Å². The van der Waals surface area contributed by atoms with Gasteiger partial charge in [0.05, 0.1) is 4.88 Å². The van der Waals surface area contributed by atoms with E-state index >= 15 is 0 Å². The molecule has 0 saturated carbocycles. The molecular weight excluding hydrogens is 302 g/mol. The van der Waals surface area contributed by atoms with Crippen LogP contribution in [0.4, 0.5) is 5.82 Å². The first-order valence-corrected chi connectivity index (χ1v) is 8.03. The van der Waals surface area contributed by atoms with E-state index in [1.807, 2.05) is 6.07 Å². The van der Waals surface area contributed by atoms with Crippen LogP contribution in [0.5, 0.6) is 0 Å². The van der Waals surface area contributed by atoms with Crippen LogP contribution in [-0.4, -0.2) is 26.8 Å². The topological polar surface area (TPSA) is 84.2 Å². The van der Waals surface area contributed by atoms with Gasteiger partial charge in [0.2, 0.25) is 0 Å². The summed E-state index contributed by atoms with van der Waals surface area (Å²) >= 11 is 1.51. The van der Waals surface area contributed by atoms with Crippen LogP contribution >= 0.6 is 11.3 Å². The van der Waals surface area contributed by atoms with E-state index < -0.39 is 5.97 Å². The maximum atomic E-state index is 12.3. The molecule has 0 atom stereocenters. The predicted octanol–water partition coefficient (Wildman–Crippen LogP) is 2.80. The van der Waals surface area contributed by atoms with Crippen LogP contribution in [0.15, 0.2) is 18.3 Å². The molecule has 0 saturated heterocycles. The van der Waals surface area contributed by atoms with Crippen molar-refractivity contribution in [2.24, 2.45) is 0 Å². The summed E-state index contributed by atoms with van der Waals surface area (Å²) in [7, 11) is 0. The third kappa shape index (κ3) is 3.94. The lowest BCUT2D eigenvalue weighted by molar-refractivity contribution is -0.137. The quantitative estimate of drug-likeness (QED) is 0.821. The number of hydrogen-bond acceptors (Lipinski definition) is 4. The van der Waals surface area contributed by atoms with Crippen molar-refractivity contribution in [1.82, 2.24) is 9.78 Å². The van der Waals surface area contributed by atoms with Crippen LogP contribution < -0.4 is 5.32 Å². The van der Waals surface area contributed by atoms with Gasteiger partial charge in [-0.25, -0.2) is 0 Å². The van der Waals surface area contributed by atoms with Gasteiger partial charge in [0, 0.05) is 17.1 Å². The molecular formula is C15H19N3O3S. The predicted molar refractivity (Wildman–Crippen MR) is 85.5 cm³/mol. The van der Waals surface area contributed by atoms with Gasteiger partial charge in [-0.2, -0.15) is 5.10 Å². The number of carbonyl (C=O) groups is 2. The molecule has 0 fully saturated rings. The molecule has 1 amide bonds. The van der Waals surface area contributed by atoms with Crippen molar-refractivity contribution in [3.63, 3.8) is 0 Å². The number of rotatable bonds is 7. The molecule has 7 heteroatoms. The van der Waals surface area contributed by atoms with Gasteiger partial charge >= 0.3 is 5.97 Å². The fourth-order valence-electron chi connectivity index (χ4n) is 2.15. The molecule has 0 radical (unpaired) electrons. The van der Waals surface area contributed by atoms with Crippen molar-refractivity contribution in [2.75, 3.05) is 5.32 Å². The lowest BCUT2D eigenvalue weighted by Gasteiger charge is -1.99. The summed E-state index contributed by atoms with van der Waals surface area (Å²) in [5.74, 6) is -0.826. The van der Waals surface area contributed by atoms with Crippen molar-refractivity contribution in [1.29, 1.82) is 0 Å². The van der Waals surface area contributed by atoms with Gasteiger partial charge in [-0.15, -0.1) is 11.3 Å². The van der Waals surface area contributed by atoms with Gasteiger partial charge < -0.3 is 10.4 Å². The zero-order valence-corrected chi connectivity index (χ0v) is 13.4. The van der Waals surface area contributed by atoms with Crippen molar-refractivity contribution < 1.29 is 14.7 Å². The second-order valence-corrected chi connectivity index (χ2v) is 6.05. The third-order valence-corrected chi connectivity index (χ3v) is 4.39. The van der Waals surface area contributed by atoms with Gasteiger partial charge in [0.25, 0.3) is 5.91 Å². The maximum absolute atomic E-state index is 12.3. The lowest BCUT2D eigenvalue weighted by atomic mass is 10.1. The Kier molecular flexibility index (Phi) is 5.32. The molecule has 0 aliphatic carbocycles. The zero-order valence-electron chi connectivity index (χ0n) is 12.6. The van der Waals surface area contributed by atoms with Crippen LogP contribution in [0.2, 0.25) is 0 Å². The molecule has 2 aromatic rings. The Bertz CT molecular complexity index is 675. The number of nitrogens with one attached hydrogen (secondary N) is 1. The molecule has 22 heavy (non-hydrogen) atoms. The highest BCUT2D eigenvalue weighted by atomic mass is 32.1. The van der Waals surface area contributed by atoms with Crippen molar-refractivity contribution >= 4 is 29.0 Å². The minimum absolute atomic E-state index is 0.206. The Hall–Kier alpha value is -2.15. The SMILES string of the molecule is CCCc1sc(C(=O)Nc2ccn(CC(=O)O)n2)cc1CC. The summed E-state index contributed by atoms with van der Waals surface area (Å²) in [6, 6.07) is 3.52. The van der Waals surface area contributed by atoms with Crippen molar-refractivity contribution in [2.45, 2.75) is 39.7 Å². The lowest BCUT2D eigenvalue weighted by Crippen LogP contribution is -2.13. The first kappa shape index (κ1) is 16.2. The molecule has 0 aliphatic rings. The second kappa shape index (κ2) is 7.22. The standard InChI is InChI=1S/C15H19N3O3S/c1-3-5-11-10(4-2)8-12(22-11)15(21)16-13-6-7-18(17-13)9-14(19)20/h6-8H,3-5,9H2,1-2H3,(H,19,20)(H,16,17,21). The molecule has 0 aromatic carbocycles. The average molecular weight is 321 g/mol. The molecule has 2 rings (SSSR count). The van der Waals surface area contributed by atoms with Crippen molar-refractivity contribution in [3.05, 3.63) is 33.6 Å². The summed E-state index contributed by atoms with van der Waals surface area (Å²) in [6.45, 7) is 3.97. The number of amides is 1. The first-order chi connectivity index (χ1) is 10.5. The summed E-state index contributed by atoms with van der Waals surface area (Å²) in [5.41, 5.74) is 1.22. The molecule has 0 aliphatic heterocycles. The van der Waals surface area contributed by atoms with Gasteiger partial charge in [-0.3, -0.25) is 14.3 Å². The Labute approximate surface area is 132 Å². The Morgan fingerprint density at radius 2 is 2.18 bits per heavy atom. The van der Waals surface area contributed by atoms with Crippen LogP contribution in [0, 0.1) is 0 Å². The molecule has 2 N–H and O–H groups in total. The number of aliphatic carboxylic acids is 1. The Balaban J connectivity index is 2.08. The van der Waals surface area contributed by atoms with E-state index in [1.54, 1.807) is 6.07 Å². The number of carboxylic acid groups (broad SMARTS) is 1. The van der Waals surface area contributed by atoms with Crippen LogP contribution in [-0.2, 0) is 24.2 Å². The van der Waals surface area contributed by atoms with Crippen LogP contribution in [0.3, 0.4) is 0 Å². The number of aryl methyl sites for hydroxylation is 2. The van der Waals surface area contributed by atoms with E-state index in [9.17, 15) is 9.59 Å². The number of carboxylic acids is 1. The van der Waals surface area contributed by atoms with E-state index in [0.717, 1.165) is 19.3 Å². The van der Waals surface area contributed by atoms with Gasteiger partial charge in [-0.05, 0) is 24.5 Å². The molecule has 118 valence electrons. The number of anilines is 1. The van der Waals surface area contributed by atoms with E-state index in [-0.39, 0.29) is 12.5 Å². The summed E-state index contributed by atoms with van der Waals surface area (Å²) in [5, 5.41) is 15.4. The highest BCUT2D eigenvalue weighted by molar-refractivity contribution is 7.14. The van der Waals surface area contributed by atoms with Gasteiger partial charge in [-0.1, -0.05) is 20.3 Å². The smallest absolute Gasteiger partial charge is 0.325 e. The molecule has 2 aromatic heterocycles. The number of aromatic nitrogens is 2. The van der Waals surface area contributed by atoms with Crippen LogP contribution in [0.1, 0.15) is 40.4 Å². The zero-order chi connectivity index (χ0) is 16.1. The van der Waals surface area contributed by atoms with Gasteiger partial charge in [0.1, 0.15) is 6.54 Å². The van der Waals surface area contributed by atoms with E-state index in [4.69, 9.17) is 5.11 Å². The number of thiophene rings is 1. The summed E-state index contributed by atoms with van der Waals surface area (Å²) in [6.07, 6.45) is 4.47. The second-order valence-electron chi connectivity index (χ2n) is 4.91. The molecule has 0 bridgehead atoms. The fourth-order valence-corrected chi connectivity index (χ4v) is 3.40. The molecule has 6 nitrogen and oxygen atoms in total. The van der Waals surface area contributed by atoms with Crippen molar-refractivity contribution in [3.8, 4) is 0 Å². The fraction of sp³-hybridized carbons (Fsp3) is 0.400. The van der Waals surface area contributed by atoms with Gasteiger partial charge in [0.15, 0.2) is 5.82 Å². The first-order valence-electron chi connectivity index (χ1n) is 7.21. The monoisotopic (exact) mass is 321 g/mol. The minimum atomic E-state index is -0.976. The van der Waals surface area contributed by atoms with E-state index in [0.29, 0.717) is 10.7 Å². The number of nitrogens with zero attached hydrogens (tertiary/aromatic N) is 2. The molecule has 0 unspecified atom stereocenters. The van der Waals surface area contributed by atoms with E-state index in [2.05, 4.69) is 24.3 Å². The summed E-state index contributed by atoms with van der Waals surface area (Å²) < 4.78 is 1.27. The number of hydrogen-bond donors (Lipinski definition) is 2.